The summed E-state index contributed by atoms with van der Waals surface area (Å²) in [5.41, 5.74) is 22.8. The second-order valence-electron chi connectivity index (χ2n) is 16.0. The fourth-order valence-corrected chi connectivity index (χ4v) is 11.0. The molecule has 2 nitrogen and oxygen atoms in total. The molecule has 14 rings (SSSR count). The molecule has 0 saturated heterocycles. The number of para-hydroxylation sites is 1. The number of fused-ring (bicyclic) bond motifs is 11. The van der Waals surface area contributed by atoms with Crippen molar-refractivity contribution >= 4 is 88.9 Å². The monoisotopic (exact) mass is 706 g/mol. The predicted molar refractivity (Wildman–Crippen MR) is 239 cm³/mol. The molecule has 4 heterocycles. The van der Waals surface area contributed by atoms with Crippen LogP contribution in [0.5, 0.6) is 0 Å². The molecular formula is C53H31BN2. The van der Waals surface area contributed by atoms with Gasteiger partial charge in [0.05, 0.1) is 11.0 Å². The van der Waals surface area contributed by atoms with Crippen LogP contribution in [0.3, 0.4) is 0 Å². The van der Waals surface area contributed by atoms with E-state index >= 15 is 0 Å². The van der Waals surface area contributed by atoms with Gasteiger partial charge < -0.3 is 9.38 Å². The van der Waals surface area contributed by atoms with E-state index in [0.29, 0.717) is 0 Å². The number of hydrogen-bond donors (Lipinski definition) is 1. The lowest BCUT2D eigenvalue weighted by atomic mass is 9.58. The van der Waals surface area contributed by atoms with Crippen LogP contribution in [0.2, 0.25) is 0 Å². The van der Waals surface area contributed by atoms with E-state index in [1.165, 1.54) is 137 Å². The Morgan fingerprint density at radius 3 is 1.98 bits per heavy atom. The molecule has 1 aliphatic carbocycles. The van der Waals surface area contributed by atoms with E-state index in [9.17, 15) is 0 Å². The maximum Gasteiger partial charge on any atom is 0.198 e. The molecule has 3 heteroatoms. The van der Waals surface area contributed by atoms with Crippen LogP contribution in [0.1, 0.15) is 11.1 Å². The summed E-state index contributed by atoms with van der Waals surface area (Å²) in [6.45, 7) is 0. The van der Waals surface area contributed by atoms with E-state index in [4.69, 9.17) is 0 Å². The van der Waals surface area contributed by atoms with Crippen LogP contribution >= 0.6 is 0 Å². The Morgan fingerprint density at radius 1 is 0.464 bits per heavy atom. The number of hydrogen-bond acceptors (Lipinski definition) is 0. The topological polar surface area (TPSA) is 20.2 Å². The molecule has 2 aliphatic rings. The van der Waals surface area contributed by atoms with Gasteiger partial charge in [-0.15, -0.1) is 0 Å². The van der Waals surface area contributed by atoms with Crippen molar-refractivity contribution in [2.75, 3.05) is 0 Å². The fraction of sp³-hybridized carbons (Fsp3) is 0.0189. The standard InChI is InChI=1S/C53H31BN2/c1-3-12-29(13-4-1)33-25-39-40-26-34(30-14-5-2-6-15-30)28-43-52(40)56-51(39)42(27-33)48-46-36-19-10-8-17-32(36)24-41(46)47(49(54-43)53(48)56)38-21-11-20-37-45-35-18-9-7-16-31(35)22-23-44(45)55-50(37)38/h1-23,25-28,54-55H,24H2. The Morgan fingerprint density at radius 2 is 1.14 bits per heavy atom. The van der Waals surface area contributed by atoms with Crippen molar-refractivity contribution in [3.05, 3.63) is 175 Å². The maximum atomic E-state index is 3.98. The van der Waals surface area contributed by atoms with E-state index in [-0.39, 0.29) is 0 Å². The molecule has 3 aromatic heterocycles. The normalized spacial score (nSPS) is 13.1. The summed E-state index contributed by atoms with van der Waals surface area (Å²) in [4.78, 5) is 3.98. The van der Waals surface area contributed by atoms with Gasteiger partial charge in [0.1, 0.15) is 0 Å². The van der Waals surface area contributed by atoms with Crippen LogP contribution in [0.15, 0.2) is 164 Å². The number of aromatic amines is 1. The van der Waals surface area contributed by atoms with Gasteiger partial charge in [0.15, 0.2) is 7.28 Å². The molecule has 1 N–H and O–H groups in total. The van der Waals surface area contributed by atoms with Crippen molar-refractivity contribution in [2.24, 2.45) is 0 Å². The Kier molecular flexibility index (Phi) is 5.41. The van der Waals surface area contributed by atoms with Gasteiger partial charge in [-0.05, 0) is 97.0 Å². The number of H-pyrrole nitrogens is 1. The number of aromatic nitrogens is 2. The van der Waals surface area contributed by atoms with Gasteiger partial charge in [-0.3, -0.25) is 0 Å². The first-order valence-electron chi connectivity index (χ1n) is 19.8. The minimum absolute atomic E-state index is 0.878. The molecule has 256 valence electrons. The summed E-state index contributed by atoms with van der Waals surface area (Å²) in [7, 11) is 0.878. The summed E-state index contributed by atoms with van der Waals surface area (Å²) >= 11 is 0. The number of rotatable bonds is 3. The van der Waals surface area contributed by atoms with Crippen LogP contribution < -0.4 is 10.9 Å². The molecule has 0 saturated carbocycles. The van der Waals surface area contributed by atoms with E-state index in [1.807, 2.05) is 0 Å². The Balaban J connectivity index is 1.19. The highest BCUT2D eigenvalue weighted by Crippen LogP contribution is 2.52. The first kappa shape index (κ1) is 29.3. The van der Waals surface area contributed by atoms with Gasteiger partial charge in [-0.25, -0.2) is 0 Å². The minimum Gasteiger partial charge on any atom is -0.354 e. The molecule has 0 spiro atoms. The smallest absolute Gasteiger partial charge is 0.198 e. The van der Waals surface area contributed by atoms with Crippen LogP contribution in [0, 0.1) is 0 Å². The average molecular weight is 707 g/mol. The highest BCUT2D eigenvalue weighted by atomic mass is 14.9. The molecule has 0 radical (unpaired) electrons. The van der Waals surface area contributed by atoms with Gasteiger partial charge in [0.2, 0.25) is 0 Å². The molecule has 0 fully saturated rings. The van der Waals surface area contributed by atoms with Gasteiger partial charge in [0, 0.05) is 54.4 Å². The van der Waals surface area contributed by atoms with Crippen molar-refractivity contribution in [1.29, 1.82) is 0 Å². The average Bonchev–Trinajstić information content (AvgIpc) is 4.01. The van der Waals surface area contributed by atoms with Crippen molar-refractivity contribution in [1.82, 2.24) is 9.38 Å². The summed E-state index contributed by atoms with van der Waals surface area (Å²) in [5.74, 6) is 0. The first-order chi connectivity index (χ1) is 27.8. The van der Waals surface area contributed by atoms with Crippen LogP contribution in [-0.2, 0) is 6.42 Å². The lowest BCUT2D eigenvalue weighted by molar-refractivity contribution is 1.27. The molecule has 0 atom stereocenters. The molecule has 0 unspecified atom stereocenters. The zero-order valence-electron chi connectivity index (χ0n) is 30.4. The second-order valence-corrected chi connectivity index (χ2v) is 16.0. The van der Waals surface area contributed by atoms with E-state index < -0.39 is 0 Å². The van der Waals surface area contributed by atoms with Crippen molar-refractivity contribution in [3.63, 3.8) is 0 Å². The predicted octanol–water partition coefficient (Wildman–Crippen LogP) is 11.9. The third-order valence-corrected chi connectivity index (χ3v) is 13.2. The number of nitrogens with zero attached hydrogens (tertiary/aromatic N) is 1. The van der Waals surface area contributed by atoms with E-state index in [1.54, 1.807) is 0 Å². The van der Waals surface area contributed by atoms with Crippen LogP contribution in [0.4, 0.5) is 0 Å². The lowest BCUT2D eigenvalue weighted by Crippen LogP contribution is -2.35. The van der Waals surface area contributed by atoms with Crippen LogP contribution in [0.25, 0.3) is 115 Å². The second kappa shape index (κ2) is 10.4. The quantitative estimate of drug-likeness (QED) is 0.177. The summed E-state index contributed by atoms with van der Waals surface area (Å²) < 4.78 is 2.68. The zero-order valence-corrected chi connectivity index (χ0v) is 30.4. The van der Waals surface area contributed by atoms with Crippen molar-refractivity contribution in [3.8, 4) is 44.5 Å². The lowest BCUT2D eigenvalue weighted by Gasteiger charge is -2.23. The number of nitrogens with one attached hydrogen (secondary N) is 1. The molecule has 0 amide bonds. The van der Waals surface area contributed by atoms with Gasteiger partial charge in [-0.2, -0.15) is 0 Å². The van der Waals surface area contributed by atoms with E-state index in [0.717, 1.165) is 13.7 Å². The minimum atomic E-state index is 0.878. The Hall–Kier alpha value is -7.10. The van der Waals surface area contributed by atoms with Gasteiger partial charge in [0.25, 0.3) is 0 Å². The molecule has 12 aromatic rings. The van der Waals surface area contributed by atoms with Gasteiger partial charge in [-0.1, -0.05) is 145 Å². The zero-order chi connectivity index (χ0) is 36.2. The molecular weight excluding hydrogens is 675 g/mol. The molecule has 56 heavy (non-hydrogen) atoms. The summed E-state index contributed by atoms with van der Waals surface area (Å²) in [5, 5.41) is 10.6. The summed E-state index contributed by atoms with van der Waals surface area (Å²) in [6, 6.07) is 61.3. The highest BCUT2D eigenvalue weighted by molar-refractivity contribution is 6.75. The molecule has 9 aromatic carbocycles. The third kappa shape index (κ3) is 3.59. The van der Waals surface area contributed by atoms with Crippen molar-refractivity contribution in [2.45, 2.75) is 6.42 Å². The molecule has 1 aliphatic heterocycles. The maximum absolute atomic E-state index is 3.98. The fourth-order valence-electron chi connectivity index (χ4n) is 11.0. The highest BCUT2D eigenvalue weighted by Gasteiger charge is 2.35. The SMILES string of the molecule is B1c2cc(-c3ccccc3)cc3c4cc(-c5ccccc5)cc5c6c7c(c(-c8cccc9c8[nH]c8ccc%10ccccc%10c89)c1c6n(c23)c45)Cc1ccccc1-7. The van der Waals surface area contributed by atoms with Gasteiger partial charge >= 0.3 is 0 Å². The largest absolute Gasteiger partial charge is 0.354 e. The summed E-state index contributed by atoms with van der Waals surface area (Å²) in [6.07, 6.45) is 0.920. The first-order valence-corrected chi connectivity index (χ1v) is 19.8. The Bertz CT molecular complexity index is 3680. The van der Waals surface area contributed by atoms with E-state index in [2.05, 4.69) is 173 Å². The Labute approximate surface area is 322 Å². The van der Waals surface area contributed by atoms with Crippen LogP contribution in [-0.4, -0.2) is 16.7 Å². The molecule has 0 bridgehead atoms. The van der Waals surface area contributed by atoms with Crippen molar-refractivity contribution < 1.29 is 0 Å². The number of benzene rings is 9. The third-order valence-electron chi connectivity index (χ3n) is 13.2.